The molecule has 1 saturated carbocycles. The van der Waals surface area contributed by atoms with Crippen molar-refractivity contribution in [2.45, 2.75) is 52.4 Å². The van der Waals surface area contributed by atoms with Crippen LogP contribution in [-0.4, -0.2) is 0 Å². The summed E-state index contributed by atoms with van der Waals surface area (Å²) < 4.78 is 33.8. The van der Waals surface area contributed by atoms with Gasteiger partial charge in [0.1, 0.15) is 0 Å². The van der Waals surface area contributed by atoms with E-state index in [1.807, 2.05) is 24.3 Å². The number of hydrogen-bond acceptors (Lipinski definition) is 1. The smallest absolute Gasteiger partial charge is 0.201 e. The first-order chi connectivity index (χ1) is 12.9. The van der Waals surface area contributed by atoms with E-state index in [9.17, 15) is 8.78 Å². The maximum absolute atomic E-state index is 14.4. The Hall–Kier alpha value is -2.16. The summed E-state index contributed by atoms with van der Waals surface area (Å²) in [7, 11) is 0. The Morgan fingerprint density at radius 2 is 1.67 bits per heavy atom. The lowest BCUT2D eigenvalue weighted by molar-refractivity contribution is 0.278. The molecule has 2 aromatic rings. The quantitative estimate of drug-likeness (QED) is 0.485. The van der Waals surface area contributed by atoms with Gasteiger partial charge < -0.3 is 4.74 Å². The molecule has 0 saturated heterocycles. The van der Waals surface area contributed by atoms with Crippen LogP contribution in [0.1, 0.15) is 51.5 Å². The lowest BCUT2D eigenvalue weighted by atomic mass is 9.80. The van der Waals surface area contributed by atoms with Gasteiger partial charge in [-0.05, 0) is 54.9 Å². The first kappa shape index (κ1) is 19.6. The number of hydrogen-bond donors (Lipinski definition) is 0. The summed E-state index contributed by atoms with van der Waals surface area (Å²) in [6, 6.07) is 10.8. The van der Waals surface area contributed by atoms with Crippen molar-refractivity contribution in [1.82, 2.24) is 0 Å². The van der Waals surface area contributed by atoms with Crippen LogP contribution < -0.4 is 4.74 Å². The summed E-state index contributed by atoms with van der Waals surface area (Å²) in [5.41, 5.74) is 2.17. The molecule has 0 amide bonds. The fourth-order valence-electron chi connectivity index (χ4n) is 3.86. The lowest BCUT2D eigenvalue weighted by Gasteiger charge is -2.26. The van der Waals surface area contributed by atoms with E-state index in [0.29, 0.717) is 11.3 Å². The average Bonchev–Trinajstić information content (AvgIpc) is 2.65. The number of halogens is 2. The Bertz CT molecular complexity index is 787. The summed E-state index contributed by atoms with van der Waals surface area (Å²) in [5.74, 6) is 0.0141. The molecule has 0 heterocycles. The van der Waals surface area contributed by atoms with E-state index in [-0.39, 0.29) is 11.3 Å². The molecule has 144 valence electrons. The molecule has 0 spiro atoms. The molecule has 0 N–H and O–H groups in total. The van der Waals surface area contributed by atoms with Gasteiger partial charge in [0.25, 0.3) is 0 Å². The van der Waals surface area contributed by atoms with Crippen molar-refractivity contribution in [3.63, 3.8) is 0 Å². The highest BCUT2D eigenvalue weighted by molar-refractivity contribution is 5.65. The van der Waals surface area contributed by atoms with Gasteiger partial charge in [0.2, 0.25) is 5.82 Å². The molecule has 3 rings (SSSR count). The van der Waals surface area contributed by atoms with Gasteiger partial charge in [-0.1, -0.05) is 63.5 Å². The summed E-state index contributed by atoms with van der Waals surface area (Å²) in [5, 5.41) is 0. The Morgan fingerprint density at radius 3 is 2.30 bits per heavy atom. The Morgan fingerprint density at radius 1 is 1.00 bits per heavy atom. The van der Waals surface area contributed by atoms with E-state index in [1.54, 1.807) is 13.0 Å². The van der Waals surface area contributed by atoms with Crippen molar-refractivity contribution >= 4 is 0 Å². The van der Waals surface area contributed by atoms with Crippen LogP contribution in [0.25, 0.3) is 11.1 Å². The monoisotopic (exact) mass is 370 g/mol. The third-order valence-corrected chi connectivity index (χ3v) is 5.57. The molecular formula is C24H28F2O. The molecule has 0 aromatic heterocycles. The number of allylic oxidation sites excluding steroid dienone is 1. The molecule has 1 aliphatic carbocycles. The minimum atomic E-state index is -0.980. The van der Waals surface area contributed by atoms with Crippen molar-refractivity contribution in [2.24, 2.45) is 11.8 Å². The number of aryl methyl sites for hydroxylation is 1. The van der Waals surface area contributed by atoms with Gasteiger partial charge in [-0.2, -0.15) is 4.39 Å². The standard InChI is InChI=1S/C24H28F2O/c1-16(2)27-22-15-14-21(23(25)24(22)26)20-12-10-19(11-13-20)9-8-18-6-4-17(3)5-7-18/h10-15,17-18H,1,4-9H2,2-3H3. The van der Waals surface area contributed by atoms with Crippen LogP contribution >= 0.6 is 0 Å². The van der Waals surface area contributed by atoms with Gasteiger partial charge in [-0.25, -0.2) is 4.39 Å². The SMILES string of the molecule is C=C(C)Oc1ccc(-c2ccc(CCC3CCC(C)CC3)cc2)c(F)c1F. The molecule has 0 unspecified atom stereocenters. The zero-order valence-electron chi connectivity index (χ0n) is 16.2. The van der Waals surface area contributed by atoms with Gasteiger partial charge >= 0.3 is 0 Å². The molecule has 0 atom stereocenters. The van der Waals surface area contributed by atoms with Gasteiger partial charge in [0.15, 0.2) is 11.6 Å². The topological polar surface area (TPSA) is 9.23 Å². The number of rotatable bonds is 6. The van der Waals surface area contributed by atoms with Crippen molar-refractivity contribution in [3.05, 3.63) is 65.9 Å². The van der Waals surface area contributed by atoms with Crippen LogP contribution in [0.3, 0.4) is 0 Å². The summed E-state index contributed by atoms with van der Waals surface area (Å²) in [6.45, 7) is 7.49. The summed E-state index contributed by atoms with van der Waals surface area (Å²) in [4.78, 5) is 0. The predicted octanol–water partition coefficient (Wildman–Crippen LogP) is 7.30. The largest absolute Gasteiger partial charge is 0.459 e. The fourth-order valence-corrected chi connectivity index (χ4v) is 3.86. The molecule has 1 nitrogen and oxygen atoms in total. The summed E-state index contributed by atoms with van der Waals surface area (Å²) in [6.07, 6.45) is 7.62. The lowest BCUT2D eigenvalue weighted by Crippen LogP contribution is -2.12. The fraction of sp³-hybridized carbons (Fsp3) is 0.417. The molecular weight excluding hydrogens is 342 g/mol. The van der Waals surface area contributed by atoms with Crippen molar-refractivity contribution in [1.29, 1.82) is 0 Å². The molecule has 27 heavy (non-hydrogen) atoms. The van der Waals surface area contributed by atoms with E-state index in [0.717, 1.165) is 18.3 Å². The number of benzene rings is 2. The van der Waals surface area contributed by atoms with E-state index >= 15 is 0 Å². The van der Waals surface area contributed by atoms with Gasteiger partial charge in [0.05, 0.1) is 5.76 Å². The highest BCUT2D eigenvalue weighted by Gasteiger charge is 2.18. The van der Waals surface area contributed by atoms with Crippen LogP contribution in [0, 0.1) is 23.5 Å². The second kappa shape index (κ2) is 8.69. The van der Waals surface area contributed by atoms with Crippen molar-refractivity contribution in [2.75, 3.05) is 0 Å². The van der Waals surface area contributed by atoms with Gasteiger partial charge in [0, 0.05) is 5.56 Å². The van der Waals surface area contributed by atoms with Crippen LogP contribution in [0.4, 0.5) is 8.78 Å². The highest BCUT2D eigenvalue weighted by atomic mass is 19.2. The highest BCUT2D eigenvalue weighted by Crippen LogP contribution is 2.33. The van der Waals surface area contributed by atoms with E-state index in [4.69, 9.17) is 4.74 Å². The summed E-state index contributed by atoms with van der Waals surface area (Å²) >= 11 is 0. The minimum Gasteiger partial charge on any atom is -0.459 e. The molecule has 0 bridgehead atoms. The molecule has 1 fully saturated rings. The third kappa shape index (κ3) is 4.97. The van der Waals surface area contributed by atoms with E-state index in [2.05, 4.69) is 13.5 Å². The average molecular weight is 370 g/mol. The van der Waals surface area contributed by atoms with Gasteiger partial charge in [-0.3, -0.25) is 0 Å². The van der Waals surface area contributed by atoms with Crippen molar-refractivity contribution in [3.8, 4) is 16.9 Å². The first-order valence-electron chi connectivity index (χ1n) is 9.84. The van der Waals surface area contributed by atoms with E-state index in [1.165, 1.54) is 43.7 Å². The Labute approximate surface area is 161 Å². The Balaban J connectivity index is 1.66. The predicted molar refractivity (Wildman–Crippen MR) is 107 cm³/mol. The third-order valence-electron chi connectivity index (χ3n) is 5.57. The maximum atomic E-state index is 14.4. The Kier molecular flexibility index (Phi) is 6.30. The zero-order valence-corrected chi connectivity index (χ0v) is 16.2. The van der Waals surface area contributed by atoms with Crippen LogP contribution in [-0.2, 0) is 6.42 Å². The minimum absolute atomic E-state index is 0.137. The van der Waals surface area contributed by atoms with Gasteiger partial charge in [-0.15, -0.1) is 0 Å². The molecule has 0 aliphatic heterocycles. The van der Waals surface area contributed by atoms with Crippen LogP contribution in [0.2, 0.25) is 0 Å². The zero-order chi connectivity index (χ0) is 19.4. The van der Waals surface area contributed by atoms with Crippen LogP contribution in [0.15, 0.2) is 48.7 Å². The molecule has 1 aliphatic rings. The molecule has 0 radical (unpaired) electrons. The maximum Gasteiger partial charge on any atom is 0.201 e. The van der Waals surface area contributed by atoms with Crippen molar-refractivity contribution < 1.29 is 13.5 Å². The normalized spacial score (nSPS) is 19.7. The van der Waals surface area contributed by atoms with E-state index < -0.39 is 11.6 Å². The number of ether oxygens (including phenoxy) is 1. The first-order valence-corrected chi connectivity index (χ1v) is 9.84. The molecule has 2 aromatic carbocycles. The van der Waals surface area contributed by atoms with Crippen LogP contribution in [0.5, 0.6) is 5.75 Å². The second-order valence-electron chi connectivity index (χ2n) is 7.90. The second-order valence-corrected chi connectivity index (χ2v) is 7.90. The molecule has 3 heteroatoms.